The third-order valence-electron chi connectivity index (χ3n) is 6.25. The van der Waals surface area contributed by atoms with Crippen LogP contribution in [0.5, 0.6) is 11.5 Å². The predicted octanol–water partition coefficient (Wildman–Crippen LogP) is 4.40. The summed E-state index contributed by atoms with van der Waals surface area (Å²) >= 11 is 0. The Morgan fingerprint density at radius 1 is 1.03 bits per heavy atom. The molecule has 0 saturated carbocycles. The van der Waals surface area contributed by atoms with E-state index in [2.05, 4.69) is 36.7 Å². The zero-order chi connectivity index (χ0) is 24.6. The Morgan fingerprint density at radius 3 is 2.81 bits per heavy atom. The van der Waals surface area contributed by atoms with Crippen LogP contribution in [0, 0.1) is 0 Å². The van der Waals surface area contributed by atoms with E-state index in [0.29, 0.717) is 24.1 Å². The monoisotopic (exact) mass is 487 g/mol. The molecule has 1 aliphatic heterocycles. The van der Waals surface area contributed by atoms with E-state index >= 15 is 0 Å². The van der Waals surface area contributed by atoms with Crippen LogP contribution in [0.1, 0.15) is 25.0 Å². The van der Waals surface area contributed by atoms with E-state index in [9.17, 15) is 0 Å². The molecule has 0 atom stereocenters. The first-order valence-corrected chi connectivity index (χ1v) is 12.6. The molecule has 1 saturated heterocycles. The lowest BCUT2D eigenvalue weighted by Crippen LogP contribution is -2.21. The van der Waals surface area contributed by atoms with Crippen LogP contribution in [0.2, 0.25) is 0 Å². The number of benzene rings is 1. The van der Waals surface area contributed by atoms with Gasteiger partial charge in [0.25, 0.3) is 0 Å². The highest BCUT2D eigenvalue weighted by atomic mass is 16.5. The third-order valence-corrected chi connectivity index (χ3v) is 6.25. The molecule has 3 aromatic heterocycles. The minimum Gasteiger partial charge on any atom is -0.493 e. The molecule has 4 heterocycles. The van der Waals surface area contributed by atoms with Crippen molar-refractivity contribution in [2.45, 2.75) is 25.7 Å². The number of aromatic nitrogens is 4. The fourth-order valence-corrected chi connectivity index (χ4v) is 4.42. The summed E-state index contributed by atoms with van der Waals surface area (Å²) in [6.45, 7) is 4.86. The number of fused-ring (bicyclic) bond motifs is 1. The highest BCUT2D eigenvalue weighted by molar-refractivity contribution is 5.60. The Hall–Kier alpha value is -3.85. The van der Waals surface area contributed by atoms with Crippen LogP contribution in [0.15, 0.2) is 61.1 Å². The number of ether oxygens (including phenoxy) is 2. The van der Waals surface area contributed by atoms with Gasteiger partial charge in [0, 0.05) is 49.9 Å². The van der Waals surface area contributed by atoms with Crippen molar-refractivity contribution in [3.63, 3.8) is 0 Å². The van der Waals surface area contributed by atoms with Gasteiger partial charge in [0.2, 0.25) is 5.95 Å². The Kier molecular flexibility index (Phi) is 7.77. The maximum absolute atomic E-state index is 6.05. The summed E-state index contributed by atoms with van der Waals surface area (Å²) in [6, 6.07) is 13.6. The van der Waals surface area contributed by atoms with Crippen molar-refractivity contribution in [1.29, 1.82) is 0 Å². The van der Waals surface area contributed by atoms with Crippen molar-refractivity contribution in [2.75, 3.05) is 50.5 Å². The van der Waals surface area contributed by atoms with Gasteiger partial charge in [0.15, 0.2) is 11.5 Å². The van der Waals surface area contributed by atoms with Crippen LogP contribution in [0.4, 0.5) is 17.5 Å². The third kappa shape index (κ3) is 6.23. The van der Waals surface area contributed by atoms with E-state index in [1.807, 2.05) is 53.1 Å². The average molecular weight is 488 g/mol. The van der Waals surface area contributed by atoms with Gasteiger partial charge >= 0.3 is 0 Å². The SMILES string of the molecule is COc1ccc(Nc2nccc(NCCc3cn4ccccc4n3)n2)cc1OCCCN1CCCC1. The Balaban J connectivity index is 1.15. The van der Waals surface area contributed by atoms with E-state index < -0.39 is 0 Å². The number of anilines is 3. The molecule has 5 rings (SSSR count). The minimum atomic E-state index is 0.512. The standard InChI is InChI=1S/C27H33N7O2/c1-35-23-9-8-21(19-24(23)36-18-6-16-33-14-4-5-15-33)31-27-29-13-11-25(32-27)28-12-10-22-20-34-17-3-2-7-26(34)30-22/h2-3,7-9,11,13,17,19-20H,4-6,10,12,14-16,18H2,1H3,(H2,28,29,31,32). The van der Waals surface area contributed by atoms with Crippen LogP contribution in [-0.4, -0.2) is 64.1 Å². The van der Waals surface area contributed by atoms with Gasteiger partial charge in [-0.05, 0) is 62.7 Å². The summed E-state index contributed by atoms with van der Waals surface area (Å²) in [5.41, 5.74) is 2.83. The molecule has 1 fully saturated rings. The van der Waals surface area contributed by atoms with Crippen molar-refractivity contribution >= 4 is 23.1 Å². The highest BCUT2D eigenvalue weighted by Crippen LogP contribution is 2.31. The number of nitrogens with one attached hydrogen (secondary N) is 2. The Morgan fingerprint density at radius 2 is 1.94 bits per heavy atom. The minimum absolute atomic E-state index is 0.512. The van der Waals surface area contributed by atoms with Crippen molar-refractivity contribution < 1.29 is 9.47 Å². The van der Waals surface area contributed by atoms with Crippen molar-refractivity contribution in [1.82, 2.24) is 24.3 Å². The fraction of sp³-hybridized carbons (Fsp3) is 0.370. The second-order valence-corrected chi connectivity index (χ2v) is 8.88. The maximum Gasteiger partial charge on any atom is 0.229 e. The summed E-state index contributed by atoms with van der Waals surface area (Å²) in [6.07, 6.45) is 10.2. The zero-order valence-corrected chi connectivity index (χ0v) is 20.7. The molecular formula is C27H33N7O2. The first kappa shape index (κ1) is 23.9. The molecule has 0 unspecified atom stereocenters. The van der Waals surface area contributed by atoms with Crippen LogP contribution in [0.3, 0.4) is 0 Å². The predicted molar refractivity (Wildman–Crippen MR) is 141 cm³/mol. The lowest BCUT2D eigenvalue weighted by Gasteiger charge is -2.16. The fourth-order valence-electron chi connectivity index (χ4n) is 4.42. The van der Waals surface area contributed by atoms with E-state index in [1.54, 1.807) is 13.3 Å². The number of rotatable bonds is 12. The molecule has 9 heteroatoms. The smallest absolute Gasteiger partial charge is 0.229 e. The molecule has 0 amide bonds. The van der Waals surface area contributed by atoms with Gasteiger partial charge in [0.05, 0.1) is 19.4 Å². The zero-order valence-electron chi connectivity index (χ0n) is 20.7. The first-order chi connectivity index (χ1) is 17.8. The summed E-state index contributed by atoms with van der Waals surface area (Å²) in [4.78, 5) is 16.1. The van der Waals surface area contributed by atoms with E-state index in [4.69, 9.17) is 9.47 Å². The first-order valence-electron chi connectivity index (χ1n) is 12.6. The van der Waals surface area contributed by atoms with Gasteiger partial charge in [0.1, 0.15) is 11.5 Å². The molecule has 0 radical (unpaired) electrons. The molecule has 2 N–H and O–H groups in total. The van der Waals surface area contributed by atoms with Gasteiger partial charge in [-0.3, -0.25) is 0 Å². The summed E-state index contributed by atoms with van der Waals surface area (Å²) in [5, 5.41) is 6.64. The molecule has 0 bridgehead atoms. The number of likely N-dealkylation sites (tertiary alicyclic amines) is 1. The second kappa shape index (κ2) is 11.7. The number of hydrogen-bond acceptors (Lipinski definition) is 8. The Labute approximate surface area is 211 Å². The molecule has 9 nitrogen and oxygen atoms in total. The van der Waals surface area contributed by atoms with Gasteiger partial charge in [-0.2, -0.15) is 4.98 Å². The summed E-state index contributed by atoms with van der Waals surface area (Å²) in [7, 11) is 1.66. The highest BCUT2D eigenvalue weighted by Gasteiger charge is 2.12. The largest absolute Gasteiger partial charge is 0.493 e. The van der Waals surface area contributed by atoms with Crippen molar-refractivity contribution in [3.05, 3.63) is 66.7 Å². The molecule has 0 aliphatic carbocycles. The number of nitrogens with zero attached hydrogens (tertiary/aromatic N) is 5. The molecule has 4 aromatic rings. The van der Waals surface area contributed by atoms with Crippen molar-refractivity contribution in [3.8, 4) is 11.5 Å². The number of imidazole rings is 1. The normalized spacial score (nSPS) is 13.7. The van der Waals surface area contributed by atoms with Crippen LogP contribution in [-0.2, 0) is 6.42 Å². The second-order valence-electron chi connectivity index (χ2n) is 8.88. The van der Waals surface area contributed by atoms with Gasteiger partial charge in [-0.15, -0.1) is 0 Å². The van der Waals surface area contributed by atoms with Crippen molar-refractivity contribution in [2.24, 2.45) is 0 Å². The van der Waals surface area contributed by atoms with Gasteiger partial charge in [-0.25, -0.2) is 9.97 Å². The van der Waals surface area contributed by atoms with E-state index in [0.717, 1.165) is 48.8 Å². The topological polar surface area (TPSA) is 88.8 Å². The molecule has 188 valence electrons. The maximum atomic E-state index is 6.05. The van der Waals surface area contributed by atoms with E-state index in [-0.39, 0.29) is 0 Å². The van der Waals surface area contributed by atoms with Crippen LogP contribution < -0.4 is 20.1 Å². The molecule has 0 spiro atoms. The van der Waals surface area contributed by atoms with Crippen LogP contribution in [0.25, 0.3) is 5.65 Å². The average Bonchev–Trinajstić information content (AvgIpc) is 3.57. The summed E-state index contributed by atoms with van der Waals surface area (Å²) in [5.74, 6) is 2.69. The molecule has 1 aliphatic rings. The lowest BCUT2D eigenvalue weighted by atomic mass is 10.2. The van der Waals surface area contributed by atoms with Crippen LogP contribution >= 0.6 is 0 Å². The number of hydrogen-bond donors (Lipinski definition) is 2. The van der Waals surface area contributed by atoms with E-state index in [1.165, 1.54) is 25.9 Å². The molecule has 1 aromatic carbocycles. The van der Waals surface area contributed by atoms with Gasteiger partial charge < -0.3 is 29.4 Å². The number of pyridine rings is 1. The molecule has 36 heavy (non-hydrogen) atoms. The quantitative estimate of drug-likeness (QED) is 0.284. The Bertz CT molecular complexity index is 1240. The lowest BCUT2D eigenvalue weighted by molar-refractivity contribution is 0.254. The molecular weight excluding hydrogens is 454 g/mol. The summed E-state index contributed by atoms with van der Waals surface area (Å²) < 4.78 is 13.6. The van der Waals surface area contributed by atoms with Gasteiger partial charge in [-0.1, -0.05) is 6.07 Å². The number of methoxy groups -OCH3 is 1.